The molecule has 0 aliphatic carbocycles. The van der Waals surface area contributed by atoms with Gasteiger partial charge in [-0.3, -0.25) is 0 Å². The van der Waals surface area contributed by atoms with Crippen LogP contribution in [0, 0.1) is 0 Å². The first-order valence-corrected chi connectivity index (χ1v) is 6.97. The number of nitrogens with one attached hydrogen (secondary N) is 1. The second-order valence-corrected chi connectivity index (χ2v) is 5.13. The largest absolute Gasteiger partial charge is 0.389 e. The zero-order valence-electron chi connectivity index (χ0n) is 11.6. The molecule has 2 rings (SSSR count). The van der Waals surface area contributed by atoms with Crippen molar-refractivity contribution in [3.8, 4) is 0 Å². The number of carbonyl (C=O) groups is 1. The summed E-state index contributed by atoms with van der Waals surface area (Å²) in [6, 6.07) is 7.69. The zero-order valence-corrected chi connectivity index (χ0v) is 11.6. The van der Waals surface area contributed by atoms with E-state index in [1.165, 1.54) is 0 Å². The van der Waals surface area contributed by atoms with E-state index in [2.05, 4.69) is 12.2 Å². The standard InChI is InChI=1S/C15H22N2O2/c1-3-14-8-5-9-17(14)15(19)16-13-7-4-6-12(10-13)11(2)18/h4,6-7,10-11,14,18H,3,5,8-9H2,1-2H3,(H,16,19). The van der Waals surface area contributed by atoms with Gasteiger partial charge in [0.1, 0.15) is 0 Å². The van der Waals surface area contributed by atoms with Gasteiger partial charge in [0.25, 0.3) is 0 Å². The Balaban J connectivity index is 2.04. The molecule has 2 unspecified atom stereocenters. The van der Waals surface area contributed by atoms with Gasteiger partial charge in [0.2, 0.25) is 0 Å². The quantitative estimate of drug-likeness (QED) is 0.879. The minimum absolute atomic E-state index is 0.0351. The Morgan fingerprint density at radius 1 is 1.58 bits per heavy atom. The number of aliphatic hydroxyl groups is 1. The number of aliphatic hydroxyl groups excluding tert-OH is 1. The van der Waals surface area contributed by atoms with Gasteiger partial charge in [-0.15, -0.1) is 0 Å². The molecule has 2 N–H and O–H groups in total. The number of rotatable bonds is 3. The molecule has 0 bridgehead atoms. The minimum atomic E-state index is -0.521. The fourth-order valence-electron chi connectivity index (χ4n) is 2.60. The normalized spacial score (nSPS) is 20.4. The third-order valence-corrected chi connectivity index (χ3v) is 3.73. The summed E-state index contributed by atoms with van der Waals surface area (Å²) >= 11 is 0. The number of likely N-dealkylation sites (tertiary alicyclic amines) is 1. The smallest absolute Gasteiger partial charge is 0.322 e. The van der Waals surface area contributed by atoms with Crippen molar-refractivity contribution in [2.45, 2.75) is 45.3 Å². The van der Waals surface area contributed by atoms with Crippen LogP contribution in [0.1, 0.15) is 44.8 Å². The van der Waals surface area contributed by atoms with Crippen molar-refractivity contribution in [3.63, 3.8) is 0 Å². The van der Waals surface area contributed by atoms with E-state index in [0.717, 1.165) is 37.1 Å². The number of hydrogen-bond donors (Lipinski definition) is 2. The third kappa shape index (κ3) is 3.26. The van der Waals surface area contributed by atoms with Crippen molar-refractivity contribution in [2.75, 3.05) is 11.9 Å². The molecule has 0 aromatic heterocycles. The molecule has 104 valence electrons. The van der Waals surface area contributed by atoms with Gasteiger partial charge in [0.05, 0.1) is 6.10 Å². The maximum absolute atomic E-state index is 12.2. The number of anilines is 1. The average molecular weight is 262 g/mol. The lowest BCUT2D eigenvalue weighted by molar-refractivity contribution is 0.199. The van der Waals surface area contributed by atoms with E-state index in [0.29, 0.717) is 6.04 Å². The van der Waals surface area contributed by atoms with Crippen LogP contribution in [0.5, 0.6) is 0 Å². The summed E-state index contributed by atoms with van der Waals surface area (Å²) in [7, 11) is 0. The summed E-state index contributed by atoms with van der Waals surface area (Å²) < 4.78 is 0. The Bertz CT molecular complexity index is 446. The van der Waals surface area contributed by atoms with Crippen molar-refractivity contribution in [1.82, 2.24) is 4.90 Å². The van der Waals surface area contributed by atoms with Gasteiger partial charge >= 0.3 is 6.03 Å². The van der Waals surface area contributed by atoms with Crippen molar-refractivity contribution >= 4 is 11.7 Å². The van der Waals surface area contributed by atoms with Crippen LogP contribution in [0.25, 0.3) is 0 Å². The molecule has 1 heterocycles. The first-order valence-electron chi connectivity index (χ1n) is 6.97. The highest BCUT2D eigenvalue weighted by Gasteiger charge is 2.27. The van der Waals surface area contributed by atoms with E-state index in [-0.39, 0.29) is 6.03 Å². The highest BCUT2D eigenvalue weighted by Crippen LogP contribution is 2.22. The first kappa shape index (κ1) is 13.9. The Kier molecular flexibility index (Phi) is 4.43. The lowest BCUT2D eigenvalue weighted by atomic mass is 10.1. The second-order valence-electron chi connectivity index (χ2n) is 5.13. The third-order valence-electron chi connectivity index (χ3n) is 3.73. The summed E-state index contributed by atoms with van der Waals surface area (Å²) in [6.07, 6.45) is 2.66. The number of carbonyl (C=O) groups excluding carboxylic acids is 1. The summed E-state index contributed by atoms with van der Waals surface area (Å²) in [4.78, 5) is 14.1. The predicted molar refractivity (Wildman–Crippen MR) is 76.1 cm³/mol. The summed E-state index contributed by atoms with van der Waals surface area (Å²) in [5.74, 6) is 0. The molecule has 4 nitrogen and oxygen atoms in total. The molecule has 1 aliphatic rings. The molecule has 0 saturated carbocycles. The fourth-order valence-corrected chi connectivity index (χ4v) is 2.60. The number of amides is 2. The SMILES string of the molecule is CCC1CCCN1C(=O)Nc1cccc(C(C)O)c1. The van der Waals surface area contributed by atoms with E-state index in [1.807, 2.05) is 29.2 Å². The lowest BCUT2D eigenvalue weighted by Gasteiger charge is -2.24. The monoisotopic (exact) mass is 262 g/mol. The Morgan fingerprint density at radius 2 is 2.37 bits per heavy atom. The predicted octanol–water partition coefficient (Wildman–Crippen LogP) is 3.15. The molecule has 2 atom stereocenters. The average Bonchev–Trinajstić information content (AvgIpc) is 2.87. The summed E-state index contributed by atoms with van der Waals surface area (Å²) in [6.45, 7) is 4.67. The van der Waals surface area contributed by atoms with E-state index < -0.39 is 6.10 Å². The Morgan fingerprint density at radius 3 is 3.05 bits per heavy atom. The van der Waals surface area contributed by atoms with Crippen molar-refractivity contribution in [3.05, 3.63) is 29.8 Å². The van der Waals surface area contributed by atoms with Crippen LogP contribution in [-0.4, -0.2) is 28.6 Å². The van der Waals surface area contributed by atoms with E-state index in [4.69, 9.17) is 0 Å². The van der Waals surface area contributed by atoms with Crippen molar-refractivity contribution in [1.29, 1.82) is 0 Å². The molecular weight excluding hydrogens is 240 g/mol. The fraction of sp³-hybridized carbons (Fsp3) is 0.533. The van der Waals surface area contributed by atoms with Crippen molar-refractivity contribution in [2.24, 2.45) is 0 Å². The maximum Gasteiger partial charge on any atom is 0.322 e. The van der Waals surface area contributed by atoms with Gasteiger partial charge in [-0.2, -0.15) is 0 Å². The molecule has 1 fully saturated rings. The summed E-state index contributed by atoms with van der Waals surface area (Å²) in [5, 5.41) is 12.5. The van der Waals surface area contributed by atoms with Crippen LogP contribution in [0.4, 0.5) is 10.5 Å². The van der Waals surface area contributed by atoms with Gasteiger partial charge in [0, 0.05) is 18.3 Å². The molecule has 19 heavy (non-hydrogen) atoms. The zero-order chi connectivity index (χ0) is 13.8. The molecule has 1 saturated heterocycles. The van der Waals surface area contributed by atoms with Gasteiger partial charge < -0.3 is 15.3 Å². The molecule has 0 radical (unpaired) electrons. The lowest BCUT2D eigenvalue weighted by Crippen LogP contribution is -2.38. The number of hydrogen-bond acceptors (Lipinski definition) is 2. The van der Waals surface area contributed by atoms with Gasteiger partial charge in [-0.25, -0.2) is 4.79 Å². The molecule has 1 aromatic rings. The molecule has 1 aromatic carbocycles. The van der Waals surface area contributed by atoms with Crippen LogP contribution in [-0.2, 0) is 0 Å². The van der Waals surface area contributed by atoms with Crippen LogP contribution < -0.4 is 5.32 Å². The van der Waals surface area contributed by atoms with E-state index >= 15 is 0 Å². The van der Waals surface area contributed by atoms with Gasteiger partial charge in [-0.05, 0) is 43.9 Å². The molecule has 2 amide bonds. The van der Waals surface area contributed by atoms with Crippen LogP contribution in [0.2, 0.25) is 0 Å². The van der Waals surface area contributed by atoms with Crippen LogP contribution >= 0.6 is 0 Å². The van der Waals surface area contributed by atoms with E-state index in [9.17, 15) is 9.90 Å². The molecular formula is C15H22N2O2. The molecule has 0 spiro atoms. The summed E-state index contributed by atoms with van der Waals surface area (Å²) in [5.41, 5.74) is 1.55. The number of nitrogens with zero attached hydrogens (tertiary/aromatic N) is 1. The molecule has 4 heteroatoms. The Labute approximate surface area is 114 Å². The number of benzene rings is 1. The number of urea groups is 1. The highest BCUT2D eigenvalue weighted by molar-refractivity contribution is 5.89. The second kappa shape index (κ2) is 6.06. The van der Waals surface area contributed by atoms with Gasteiger partial charge in [0.15, 0.2) is 0 Å². The first-order chi connectivity index (χ1) is 9.11. The van der Waals surface area contributed by atoms with E-state index in [1.54, 1.807) is 6.92 Å². The van der Waals surface area contributed by atoms with Crippen LogP contribution in [0.15, 0.2) is 24.3 Å². The Hall–Kier alpha value is -1.55. The van der Waals surface area contributed by atoms with Crippen LogP contribution in [0.3, 0.4) is 0 Å². The van der Waals surface area contributed by atoms with Gasteiger partial charge in [-0.1, -0.05) is 19.1 Å². The topological polar surface area (TPSA) is 52.6 Å². The highest BCUT2D eigenvalue weighted by atomic mass is 16.3. The molecule has 1 aliphatic heterocycles. The van der Waals surface area contributed by atoms with Crippen molar-refractivity contribution < 1.29 is 9.90 Å². The minimum Gasteiger partial charge on any atom is -0.389 e. The maximum atomic E-state index is 12.2.